The molecular weight excluding hydrogens is 367 g/mol. The van der Waals surface area contributed by atoms with Crippen LogP contribution in [0.2, 0.25) is 0 Å². The minimum Gasteiger partial charge on any atom is -0.457 e. The van der Waals surface area contributed by atoms with Crippen LogP contribution in [-0.4, -0.2) is 4.99 Å². The normalized spacial score (nSPS) is 11.2. The van der Waals surface area contributed by atoms with Gasteiger partial charge in [-0.3, -0.25) is 0 Å². The van der Waals surface area contributed by atoms with Crippen molar-refractivity contribution in [1.82, 2.24) is 0 Å². The van der Waals surface area contributed by atoms with Gasteiger partial charge in [0.2, 0.25) is 0 Å². The van der Waals surface area contributed by atoms with E-state index in [1.807, 2.05) is 0 Å². The van der Waals surface area contributed by atoms with Crippen molar-refractivity contribution in [2.24, 2.45) is 5.73 Å². The fourth-order valence-electron chi connectivity index (χ4n) is 1.62. The molecule has 0 heterocycles. The van der Waals surface area contributed by atoms with E-state index >= 15 is 0 Å². The van der Waals surface area contributed by atoms with Crippen molar-refractivity contribution in [3.8, 4) is 11.5 Å². The van der Waals surface area contributed by atoms with E-state index in [0.717, 1.165) is 16.6 Å². The Morgan fingerprint density at radius 1 is 1.10 bits per heavy atom. The second kappa shape index (κ2) is 6.03. The van der Waals surface area contributed by atoms with Crippen molar-refractivity contribution in [2.45, 2.75) is 6.18 Å². The zero-order chi connectivity index (χ0) is 15.6. The van der Waals surface area contributed by atoms with Gasteiger partial charge in [-0.2, -0.15) is 13.2 Å². The highest BCUT2D eigenvalue weighted by Crippen LogP contribution is 2.33. The highest BCUT2D eigenvalue weighted by Gasteiger charge is 2.30. The van der Waals surface area contributed by atoms with Crippen LogP contribution in [0.1, 0.15) is 11.1 Å². The van der Waals surface area contributed by atoms with Gasteiger partial charge in [0.25, 0.3) is 0 Å². The molecule has 0 aromatic heterocycles. The predicted molar refractivity (Wildman–Crippen MR) is 81.5 cm³/mol. The second-order valence-corrected chi connectivity index (χ2v) is 5.48. The molecule has 2 nitrogen and oxygen atoms in total. The molecule has 2 aromatic carbocycles. The van der Waals surface area contributed by atoms with E-state index in [2.05, 4.69) is 15.9 Å². The van der Waals surface area contributed by atoms with Gasteiger partial charge in [-0.05, 0) is 42.5 Å². The third-order valence-corrected chi connectivity index (χ3v) is 3.33. The SMILES string of the molecule is NC(=S)c1ccc(Br)cc1Oc1ccc(C(F)(F)F)cc1. The zero-order valence-electron chi connectivity index (χ0n) is 10.4. The summed E-state index contributed by atoms with van der Waals surface area (Å²) in [6.07, 6.45) is -4.38. The van der Waals surface area contributed by atoms with Crippen LogP contribution in [0.3, 0.4) is 0 Å². The van der Waals surface area contributed by atoms with Crippen LogP contribution in [0.15, 0.2) is 46.9 Å². The fraction of sp³-hybridized carbons (Fsp3) is 0.0714. The van der Waals surface area contributed by atoms with Crippen LogP contribution in [-0.2, 0) is 6.18 Å². The van der Waals surface area contributed by atoms with Crippen molar-refractivity contribution in [1.29, 1.82) is 0 Å². The van der Waals surface area contributed by atoms with Crippen molar-refractivity contribution >= 4 is 33.1 Å². The number of hydrogen-bond acceptors (Lipinski definition) is 2. The number of nitrogens with two attached hydrogens (primary N) is 1. The molecule has 0 radical (unpaired) electrons. The Balaban J connectivity index is 2.30. The summed E-state index contributed by atoms with van der Waals surface area (Å²) >= 11 is 8.20. The van der Waals surface area contributed by atoms with E-state index < -0.39 is 11.7 Å². The second-order valence-electron chi connectivity index (χ2n) is 4.13. The summed E-state index contributed by atoms with van der Waals surface area (Å²) in [7, 11) is 0. The van der Waals surface area contributed by atoms with Crippen LogP contribution in [0.4, 0.5) is 13.2 Å². The molecule has 2 aromatic rings. The molecule has 0 bridgehead atoms. The number of hydrogen-bond donors (Lipinski definition) is 1. The smallest absolute Gasteiger partial charge is 0.416 e. The molecule has 0 saturated heterocycles. The largest absolute Gasteiger partial charge is 0.457 e. The molecule has 0 fully saturated rings. The highest BCUT2D eigenvalue weighted by molar-refractivity contribution is 9.10. The third-order valence-electron chi connectivity index (χ3n) is 2.62. The van der Waals surface area contributed by atoms with Gasteiger partial charge in [0.1, 0.15) is 16.5 Å². The molecule has 21 heavy (non-hydrogen) atoms. The first-order valence-electron chi connectivity index (χ1n) is 5.72. The van der Waals surface area contributed by atoms with Crippen molar-refractivity contribution in [3.05, 3.63) is 58.1 Å². The first kappa shape index (κ1) is 15.8. The van der Waals surface area contributed by atoms with Crippen LogP contribution in [0, 0.1) is 0 Å². The van der Waals surface area contributed by atoms with Gasteiger partial charge in [0.05, 0.1) is 11.1 Å². The topological polar surface area (TPSA) is 35.2 Å². The molecule has 0 atom stereocenters. The number of alkyl halides is 3. The van der Waals surface area contributed by atoms with Crippen molar-refractivity contribution in [3.63, 3.8) is 0 Å². The summed E-state index contributed by atoms with van der Waals surface area (Å²) < 4.78 is 43.8. The van der Waals surface area contributed by atoms with Crippen LogP contribution < -0.4 is 10.5 Å². The van der Waals surface area contributed by atoms with Crippen LogP contribution in [0.5, 0.6) is 11.5 Å². The van der Waals surface area contributed by atoms with E-state index in [1.165, 1.54) is 12.1 Å². The fourth-order valence-corrected chi connectivity index (χ4v) is 2.13. The average molecular weight is 376 g/mol. The summed E-state index contributed by atoms with van der Waals surface area (Å²) in [5, 5.41) is 0. The summed E-state index contributed by atoms with van der Waals surface area (Å²) in [6.45, 7) is 0. The standard InChI is InChI=1S/C14H9BrF3NOS/c15-9-3-6-11(13(19)21)12(7-9)20-10-4-1-8(2-5-10)14(16,17)18/h1-7H,(H2,19,21). The summed E-state index contributed by atoms with van der Waals surface area (Å²) in [6, 6.07) is 9.45. The van der Waals surface area contributed by atoms with Crippen LogP contribution >= 0.6 is 28.1 Å². The Morgan fingerprint density at radius 3 is 2.24 bits per heavy atom. The lowest BCUT2D eigenvalue weighted by Crippen LogP contribution is -2.10. The maximum atomic E-state index is 12.5. The average Bonchev–Trinajstić information content (AvgIpc) is 2.38. The third kappa shape index (κ3) is 3.95. The molecule has 0 aliphatic carbocycles. The first-order chi connectivity index (χ1) is 9.77. The molecule has 2 rings (SSSR count). The van der Waals surface area contributed by atoms with Crippen molar-refractivity contribution < 1.29 is 17.9 Å². The quantitative estimate of drug-likeness (QED) is 0.775. The predicted octanol–water partition coefficient (Wildman–Crippen LogP) is 4.89. The Labute approximate surface area is 132 Å². The number of rotatable bonds is 3. The molecular formula is C14H9BrF3NOS. The monoisotopic (exact) mass is 375 g/mol. The number of benzene rings is 2. The van der Waals surface area contributed by atoms with Gasteiger partial charge in [-0.25, -0.2) is 0 Å². The van der Waals surface area contributed by atoms with E-state index in [-0.39, 0.29) is 10.7 Å². The Morgan fingerprint density at radius 2 is 1.71 bits per heavy atom. The summed E-state index contributed by atoms with van der Waals surface area (Å²) in [5.41, 5.74) is 5.36. The maximum absolute atomic E-state index is 12.5. The lowest BCUT2D eigenvalue weighted by atomic mass is 10.2. The van der Waals surface area contributed by atoms with Gasteiger partial charge in [-0.1, -0.05) is 28.1 Å². The Kier molecular flexibility index (Phi) is 4.53. The zero-order valence-corrected chi connectivity index (χ0v) is 12.8. The summed E-state index contributed by atoms with van der Waals surface area (Å²) in [4.78, 5) is 0.143. The minimum atomic E-state index is -4.38. The molecule has 0 aliphatic rings. The minimum absolute atomic E-state index is 0.143. The molecule has 110 valence electrons. The van der Waals surface area contributed by atoms with Gasteiger partial charge in [0, 0.05) is 4.47 Å². The van der Waals surface area contributed by atoms with E-state index in [9.17, 15) is 13.2 Å². The van der Waals surface area contributed by atoms with Gasteiger partial charge >= 0.3 is 6.18 Å². The Hall–Kier alpha value is -1.60. The van der Waals surface area contributed by atoms with Gasteiger partial charge < -0.3 is 10.5 Å². The lowest BCUT2D eigenvalue weighted by Gasteiger charge is -2.12. The van der Waals surface area contributed by atoms with Crippen LogP contribution in [0.25, 0.3) is 0 Å². The van der Waals surface area contributed by atoms with Gasteiger partial charge in [-0.15, -0.1) is 0 Å². The van der Waals surface area contributed by atoms with Gasteiger partial charge in [0.15, 0.2) is 0 Å². The molecule has 0 saturated carbocycles. The number of ether oxygens (including phenoxy) is 1. The maximum Gasteiger partial charge on any atom is 0.416 e. The molecule has 2 N–H and O–H groups in total. The first-order valence-corrected chi connectivity index (χ1v) is 6.92. The number of thiocarbonyl (C=S) groups is 1. The van der Waals surface area contributed by atoms with E-state index in [4.69, 9.17) is 22.7 Å². The van der Waals surface area contributed by atoms with E-state index in [0.29, 0.717) is 11.3 Å². The molecule has 0 aliphatic heterocycles. The van der Waals surface area contributed by atoms with Crippen molar-refractivity contribution in [2.75, 3.05) is 0 Å². The molecule has 0 spiro atoms. The van der Waals surface area contributed by atoms with E-state index in [1.54, 1.807) is 18.2 Å². The molecule has 0 amide bonds. The Bertz CT molecular complexity index is 671. The number of halogens is 4. The molecule has 0 unspecified atom stereocenters. The summed E-state index contributed by atoms with van der Waals surface area (Å²) in [5.74, 6) is 0.634. The molecule has 7 heteroatoms. The lowest BCUT2D eigenvalue weighted by molar-refractivity contribution is -0.137. The highest BCUT2D eigenvalue weighted by atomic mass is 79.9.